The summed E-state index contributed by atoms with van der Waals surface area (Å²) in [6, 6.07) is 17.0. The monoisotopic (exact) mass is 517 g/mol. The summed E-state index contributed by atoms with van der Waals surface area (Å²) in [4.78, 5) is 22.0. The molecule has 0 aliphatic heterocycles. The Morgan fingerprint density at radius 1 is 1.00 bits per heavy atom. The predicted molar refractivity (Wildman–Crippen MR) is 140 cm³/mol. The molecule has 38 heavy (non-hydrogen) atoms. The van der Waals surface area contributed by atoms with Gasteiger partial charge in [0.2, 0.25) is 0 Å². The highest BCUT2D eigenvalue weighted by Gasteiger charge is 2.30. The Bertz CT molecular complexity index is 1630. The van der Waals surface area contributed by atoms with Crippen molar-refractivity contribution >= 4 is 34.0 Å². The van der Waals surface area contributed by atoms with Gasteiger partial charge in [0.15, 0.2) is 0 Å². The molecule has 0 saturated carbocycles. The molecule has 7 nitrogen and oxygen atoms in total. The van der Waals surface area contributed by atoms with E-state index in [-0.39, 0.29) is 17.0 Å². The van der Waals surface area contributed by atoms with Gasteiger partial charge >= 0.3 is 6.18 Å². The summed E-state index contributed by atoms with van der Waals surface area (Å²) in [5.41, 5.74) is 2.96. The summed E-state index contributed by atoms with van der Waals surface area (Å²) in [5.74, 6) is -0.337. The lowest BCUT2D eigenvalue weighted by Crippen LogP contribution is -2.14. The van der Waals surface area contributed by atoms with Crippen LogP contribution in [0, 0.1) is 0 Å². The van der Waals surface area contributed by atoms with Gasteiger partial charge in [-0.15, -0.1) is 0 Å². The highest BCUT2D eigenvalue weighted by atomic mass is 19.4. The molecule has 0 aliphatic carbocycles. The van der Waals surface area contributed by atoms with E-state index in [0.29, 0.717) is 11.4 Å². The fourth-order valence-electron chi connectivity index (χ4n) is 4.09. The third-order valence-corrected chi connectivity index (χ3v) is 5.97. The summed E-state index contributed by atoms with van der Waals surface area (Å²) < 4.78 is 46.6. The molecule has 0 aliphatic rings. The molecule has 0 atom stereocenters. The number of anilines is 3. The van der Waals surface area contributed by atoms with Gasteiger partial charge in [0, 0.05) is 48.0 Å². The number of fused-ring (bicyclic) bond motifs is 1. The molecular weight excluding hydrogens is 495 g/mol. The highest BCUT2D eigenvalue weighted by molar-refractivity contribution is 6.07. The second kappa shape index (κ2) is 9.89. The number of rotatable bonds is 6. The molecule has 3 aromatic heterocycles. The highest BCUT2D eigenvalue weighted by Crippen LogP contribution is 2.33. The number of amides is 1. The smallest absolute Gasteiger partial charge is 0.416 e. The molecule has 2 N–H and O–H groups in total. The van der Waals surface area contributed by atoms with E-state index < -0.39 is 17.6 Å². The fourth-order valence-corrected chi connectivity index (χ4v) is 4.09. The third kappa shape index (κ3) is 5.01. The minimum atomic E-state index is -4.52. The Morgan fingerprint density at radius 2 is 1.84 bits per heavy atom. The van der Waals surface area contributed by atoms with Crippen LogP contribution in [0.25, 0.3) is 22.3 Å². The third-order valence-electron chi connectivity index (χ3n) is 5.97. The van der Waals surface area contributed by atoms with Gasteiger partial charge in [0.05, 0.1) is 29.6 Å². The van der Waals surface area contributed by atoms with Crippen LogP contribution in [0.1, 0.15) is 15.9 Å². The topological polar surface area (TPSA) is 81.1 Å². The van der Waals surface area contributed by atoms with E-state index in [2.05, 4.69) is 15.6 Å². The van der Waals surface area contributed by atoms with Gasteiger partial charge < -0.3 is 19.9 Å². The van der Waals surface area contributed by atoms with E-state index in [0.717, 1.165) is 34.4 Å². The zero-order chi connectivity index (χ0) is 26.9. The van der Waals surface area contributed by atoms with Crippen LogP contribution in [0.2, 0.25) is 0 Å². The predicted octanol–water partition coefficient (Wildman–Crippen LogP) is 6.66. The molecule has 192 valence electrons. The minimum Gasteiger partial charge on any atom is -0.496 e. The first kappa shape index (κ1) is 24.8. The summed E-state index contributed by atoms with van der Waals surface area (Å²) in [5, 5.41) is 6.75. The molecule has 2 aromatic carbocycles. The zero-order valence-corrected chi connectivity index (χ0v) is 20.4. The normalized spacial score (nSPS) is 11.4. The number of alkyl halides is 3. The number of ether oxygens (including phenoxy) is 1. The van der Waals surface area contributed by atoms with Crippen LogP contribution in [0.3, 0.4) is 0 Å². The van der Waals surface area contributed by atoms with Gasteiger partial charge in [-0.25, -0.2) is 4.98 Å². The molecule has 0 saturated heterocycles. The van der Waals surface area contributed by atoms with Crippen molar-refractivity contribution in [3.05, 3.63) is 96.4 Å². The summed E-state index contributed by atoms with van der Waals surface area (Å²) in [7, 11) is 3.32. The van der Waals surface area contributed by atoms with E-state index in [1.54, 1.807) is 30.6 Å². The molecule has 0 bridgehead atoms. The number of carbonyl (C=O) groups is 1. The molecule has 3 heterocycles. The van der Waals surface area contributed by atoms with E-state index in [1.165, 1.54) is 19.2 Å². The van der Waals surface area contributed by atoms with Crippen molar-refractivity contribution in [1.29, 1.82) is 0 Å². The number of benzene rings is 2. The van der Waals surface area contributed by atoms with Crippen molar-refractivity contribution in [1.82, 2.24) is 14.5 Å². The molecule has 5 aromatic rings. The summed E-state index contributed by atoms with van der Waals surface area (Å²) in [6.07, 6.45) is 0.791. The number of aryl methyl sites for hydroxylation is 1. The van der Waals surface area contributed by atoms with Crippen LogP contribution >= 0.6 is 0 Å². The number of methoxy groups -OCH3 is 1. The number of carbonyl (C=O) groups excluding carboxylic acids is 1. The first-order valence-electron chi connectivity index (χ1n) is 11.5. The van der Waals surface area contributed by atoms with E-state index in [9.17, 15) is 18.0 Å². The maximum absolute atomic E-state index is 13.1. The number of aromatic nitrogens is 3. The first-order chi connectivity index (χ1) is 18.2. The Hall–Kier alpha value is -4.86. The first-order valence-corrected chi connectivity index (χ1v) is 11.5. The maximum atomic E-state index is 13.1. The number of nitrogens with one attached hydrogen (secondary N) is 2. The molecule has 0 fully saturated rings. The van der Waals surface area contributed by atoms with Crippen LogP contribution in [0.5, 0.6) is 5.75 Å². The van der Waals surface area contributed by atoms with Gasteiger partial charge in [0.1, 0.15) is 11.4 Å². The number of hydrogen-bond donors (Lipinski definition) is 2. The maximum Gasteiger partial charge on any atom is 0.416 e. The van der Waals surface area contributed by atoms with E-state index >= 15 is 0 Å². The quantitative estimate of drug-likeness (QED) is 0.263. The summed E-state index contributed by atoms with van der Waals surface area (Å²) in [6.45, 7) is 0. The number of halogens is 3. The average molecular weight is 518 g/mol. The fraction of sp³-hybridized carbons (Fsp3) is 0.107. The second-order valence-corrected chi connectivity index (χ2v) is 8.53. The van der Waals surface area contributed by atoms with Gasteiger partial charge in [-0.1, -0.05) is 6.07 Å². The average Bonchev–Trinajstić information content (AvgIpc) is 3.29. The van der Waals surface area contributed by atoms with Crippen LogP contribution in [-0.4, -0.2) is 27.6 Å². The molecule has 10 heteroatoms. The van der Waals surface area contributed by atoms with Crippen molar-refractivity contribution in [3.63, 3.8) is 0 Å². The molecule has 5 rings (SSSR count). The number of pyridine rings is 2. The Labute approximate surface area is 215 Å². The molecular formula is C28H22F3N5O2. The molecule has 0 radical (unpaired) electrons. The second-order valence-electron chi connectivity index (χ2n) is 8.53. The standard InChI is InChI=1S/C28H22F3N5O2/c1-36-12-10-21-24(15-23(35-26(21)36)17-5-4-11-32-16-17)33-20-8-9-25(38-2)22(14-20)27(37)34-19-7-3-6-18(13-19)28(29,30)31/h3-16H,1-2H3,(H,33,35)(H,34,37). The van der Waals surface area contributed by atoms with Crippen molar-refractivity contribution < 1.29 is 22.7 Å². The van der Waals surface area contributed by atoms with Crippen LogP contribution in [0.4, 0.5) is 30.2 Å². The zero-order valence-electron chi connectivity index (χ0n) is 20.4. The molecule has 0 unspecified atom stereocenters. The van der Waals surface area contributed by atoms with Crippen LogP contribution in [0.15, 0.2) is 85.3 Å². The Morgan fingerprint density at radius 3 is 2.58 bits per heavy atom. The summed E-state index contributed by atoms with van der Waals surface area (Å²) >= 11 is 0. The largest absolute Gasteiger partial charge is 0.496 e. The number of nitrogens with zero attached hydrogens (tertiary/aromatic N) is 3. The van der Waals surface area contributed by atoms with Gasteiger partial charge in [-0.2, -0.15) is 13.2 Å². The lowest BCUT2D eigenvalue weighted by molar-refractivity contribution is -0.137. The van der Waals surface area contributed by atoms with Crippen molar-refractivity contribution in [3.8, 4) is 17.0 Å². The molecule has 0 spiro atoms. The lowest BCUT2D eigenvalue weighted by Gasteiger charge is -2.15. The SMILES string of the molecule is COc1ccc(Nc2cc(-c3cccnc3)nc3c2ccn3C)cc1C(=O)Nc1cccc(C(F)(F)F)c1. The number of hydrogen-bond acceptors (Lipinski definition) is 5. The van der Waals surface area contributed by atoms with E-state index in [1.807, 2.05) is 42.1 Å². The van der Waals surface area contributed by atoms with Gasteiger partial charge in [-0.05, 0) is 60.7 Å². The van der Waals surface area contributed by atoms with Crippen molar-refractivity contribution in [2.24, 2.45) is 7.05 Å². The van der Waals surface area contributed by atoms with Crippen LogP contribution in [-0.2, 0) is 13.2 Å². The molecule has 1 amide bonds. The van der Waals surface area contributed by atoms with E-state index in [4.69, 9.17) is 9.72 Å². The Kier molecular flexibility index (Phi) is 6.46. The van der Waals surface area contributed by atoms with Gasteiger partial charge in [-0.3, -0.25) is 9.78 Å². The van der Waals surface area contributed by atoms with Crippen LogP contribution < -0.4 is 15.4 Å². The van der Waals surface area contributed by atoms with Gasteiger partial charge in [0.25, 0.3) is 5.91 Å². The van der Waals surface area contributed by atoms with Crippen molar-refractivity contribution in [2.75, 3.05) is 17.7 Å². The minimum absolute atomic E-state index is 0.0199. The lowest BCUT2D eigenvalue weighted by atomic mass is 10.1. The van der Waals surface area contributed by atoms with Crippen molar-refractivity contribution in [2.45, 2.75) is 6.18 Å². The Balaban J connectivity index is 1.49.